The molecule has 3 rings (SSSR count). The Morgan fingerprint density at radius 2 is 2.29 bits per heavy atom. The highest BCUT2D eigenvalue weighted by Gasteiger charge is 2.18. The number of nitrogens with zero attached hydrogens (tertiary/aromatic N) is 2. The van der Waals surface area contributed by atoms with Crippen molar-refractivity contribution in [1.29, 1.82) is 0 Å². The molecule has 1 aliphatic heterocycles. The minimum Gasteiger partial charge on any atom is -0.325 e. The Balaban J connectivity index is 1.62. The number of aromatic nitrogens is 2. The predicted octanol–water partition coefficient (Wildman–Crippen LogP) is 2.16. The number of anilines is 1. The van der Waals surface area contributed by atoms with Gasteiger partial charge in [-0.2, -0.15) is 11.8 Å². The van der Waals surface area contributed by atoms with Gasteiger partial charge in [-0.15, -0.1) is 0 Å². The molecule has 0 bridgehead atoms. The molecule has 1 amide bonds. The SMILES string of the molecule is O=C(CSc1nc2c(c(=O)[nH]1)CSC2)Nc1cccc([N+](=O)[O-])c1. The Hall–Kier alpha value is -2.33. The van der Waals surface area contributed by atoms with Crippen LogP contribution in [0.5, 0.6) is 0 Å². The van der Waals surface area contributed by atoms with Gasteiger partial charge in [0.05, 0.1) is 16.4 Å². The maximum atomic E-state index is 12.0. The van der Waals surface area contributed by atoms with Crippen LogP contribution in [0.3, 0.4) is 0 Å². The van der Waals surface area contributed by atoms with Crippen LogP contribution in [-0.4, -0.2) is 26.6 Å². The van der Waals surface area contributed by atoms with Gasteiger partial charge in [0.1, 0.15) is 0 Å². The van der Waals surface area contributed by atoms with Crippen molar-refractivity contribution in [1.82, 2.24) is 9.97 Å². The first kappa shape index (κ1) is 16.5. The van der Waals surface area contributed by atoms with Crippen molar-refractivity contribution in [3.8, 4) is 0 Å². The van der Waals surface area contributed by atoms with E-state index in [9.17, 15) is 19.7 Å². The second kappa shape index (κ2) is 7.05. The summed E-state index contributed by atoms with van der Waals surface area (Å²) in [6.45, 7) is 0. The number of carbonyl (C=O) groups excluding carboxylic acids is 1. The molecule has 1 aromatic heterocycles. The number of rotatable bonds is 5. The lowest BCUT2D eigenvalue weighted by atomic mass is 10.3. The van der Waals surface area contributed by atoms with Crippen LogP contribution in [-0.2, 0) is 16.3 Å². The lowest BCUT2D eigenvalue weighted by Crippen LogP contribution is -2.17. The summed E-state index contributed by atoms with van der Waals surface area (Å²) in [5.74, 6) is 1.07. The molecule has 124 valence electrons. The van der Waals surface area contributed by atoms with E-state index in [0.717, 1.165) is 17.5 Å². The molecular formula is C14H12N4O4S2. The zero-order valence-electron chi connectivity index (χ0n) is 12.3. The Labute approximate surface area is 144 Å². The number of nitro benzene ring substituents is 1. The fourth-order valence-corrected chi connectivity index (χ4v) is 3.85. The molecule has 0 aliphatic carbocycles. The predicted molar refractivity (Wildman–Crippen MR) is 92.3 cm³/mol. The summed E-state index contributed by atoms with van der Waals surface area (Å²) in [6.07, 6.45) is 0. The van der Waals surface area contributed by atoms with Crippen molar-refractivity contribution in [2.75, 3.05) is 11.1 Å². The highest BCUT2D eigenvalue weighted by Crippen LogP contribution is 2.26. The largest absolute Gasteiger partial charge is 0.325 e. The van der Waals surface area contributed by atoms with Gasteiger partial charge in [-0.1, -0.05) is 17.8 Å². The molecule has 2 N–H and O–H groups in total. The summed E-state index contributed by atoms with van der Waals surface area (Å²) >= 11 is 2.75. The summed E-state index contributed by atoms with van der Waals surface area (Å²) in [5.41, 5.74) is 1.56. The maximum Gasteiger partial charge on any atom is 0.271 e. The van der Waals surface area contributed by atoms with Crippen LogP contribution in [0.15, 0.2) is 34.2 Å². The number of aromatic amines is 1. The number of nitro groups is 1. The van der Waals surface area contributed by atoms with E-state index in [0.29, 0.717) is 27.9 Å². The molecule has 0 spiro atoms. The minimum absolute atomic E-state index is 0.0392. The smallest absolute Gasteiger partial charge is 0.271 e. The molecule has 0 unspecified atom stereocenters. The molecule has 2 aromatic rings. The van der Waals surface area contributed by atoms with Gasteiger partial charge in [0.2, 0.25) is 5.91 Å². The Morgan fingerprint density at radius 3 is 3.08 bits per heavy atom. The topological polar surface area (TPSA) is 118 Å². The van der Waals surface area contributed by atoms with Crippen LogP contribution in [0, 0.1) is 10.1 Å². The van der Waals surface area contributed by atoms with E-state index in [2.05, 4.69) is 15.3 Å². The number of hydrogen-bond donors (Lipinski definition) is 2. The normalized spacial score (nSPS) is 12.7. The van der Waals surface area contributed by atoms with E-state index in [1.807, 2.05) is 0 Å². The van der Waals surface area contributed by atoms with Crippen LogP contribution < -0.4 is 10.9 Å². The van der Waals surface area contributed by atoms with Crippen LogP contribution in [0.4, 0.5) is 11.4 Å². The van der Waals surface area contributed by atoms with E-state index >= 15 is 0 Å². The molecule has 0 radical (unpaired) electrons. The van der Waals surface area contributed by atoms with Crippen molar-refractivity contribution < 1.29 is 9.72 Å². The van der Waals surface area contributed by atoms with Crippen LogP contribution in [0.1, 0.15) is 11.3 Å². The molecule has 8 nitrogen and oxygen atoms in total. The Kier molecular flexibility index (Phi) is 4.86. The first-order valence-electron chi connectivity index (χ1n) is 6.90. The van der Waals surface area contributed by atoms with Crippen molar-refractivity contribution in [2.24, 2.45) is 0 Å². The fourth-order valence-electron chi connectivity index (χ4n) is 2.14. The van der Waals surface area contributed by atoms with Crippen LogP contribution >= 0.6 is 23.5 Å². The molecule has 0 fully saturated rings. The average molecular weight is 364 g/mol. The summed E-state index contributed by atoms with van der Waals surface area (Å²) in [5, 5.41) is 13.7. The standard InChI is InChI=1S/C14H12N4O4S2/c19-12(15-8-2-1-3-9(4-8)18(21)22)7-24-14-16-11-6-23-5-10(11)13(20)17-14/h1-4H,5-7H2,(H,15,19)(H,16,17,20). The van der Waals surface area contributed by atoms with E-state index in [1.54, 1.807) is 17.8 Å². The van der Waals surface area contributed by atoms with Gasteiger partial charge in [-0.25, -0.2) is 4.98 Å². The maximum absolute atomic E-state index is 12.0. The number of nitrogens with one attached hydrogen (secondary N) is 2. The zero-order chi connectivity index (χ0) is 17.1. The number of non-ortho nitro benzene ring substituents is 1. The fraction of sp³-hybridized carbons (Fsp3) is 0.214. The third-order valence-electron chi connectivity index (χ3n) is 3.25. The van der Waals surface area contributed by atoms with Gasteiger partial charge in [0.15, 0.2) is 5.16 Å². The third kappa shape index (κ3) is 3.77. The van der Waals surface area contributed by atoms with E-state index in [1.165, 1.54) is 18.2 Å². The van der Waals surface area contributed by atoms with Gasteiger partial charge < -0.3 is 10.3 Å². The molecular weight excluding hydrogens is 352 g/mol. The Morgan fingerprint density at radius 1 is 1.46 bits per heavy atom. The van der Waals surface area contributed by atoms with Gasteiger partial charge >= 0.3 is 0 Å². The summed E-state index contributed by atoms with van der Waals surface area (Å²) in [7, 11) is 0. The second-order valence-corrected chi connectivity index (χ2v) is 6.88. The first-order valence-corrected chi connectivity index (χ1v) is 9.04. The number of thioether (sulfide) groups is 2. The minimum atomic E-state index is -0.526. The lowest BCUT2D eigenvalue weighted by Gasteiger charge is -2.05. The number of fused-ring (bicyclic) bond motifs is 1. The van der Waals surface area contributed by atoms with Gasteiger partial charge in [0, 0.05) is 34.9 Å². The summed E-state index contributed by atoms with van der Waals surface area (Å²) in [6, 6.07) is 5.71. The molecule has 2 heterocycles. The second-order valence-electron chi connectivity index (χ2n) is 4.93. The number of carbonyl (C=O) groups is 1. The van der Waals surface area contributed by atoms with Gasteiger partial charge in [0.25, 0.3) is 11.2 Å². The van der Waals surface area contributed by atoms with E-state index in [-0.39, 0.29) is 22.9 Å². The molecule has 0 saturated heterocycles. The highest BCUT2D eigenvalue weighted by atomic mass is 32.2. The summed E-state index contributed by atoms with van der Waals surface area (Å²) < 4.78 is 0. The van der Waals surface area contributed by atoms with Gasteiger partial charge in [-0.05, 0) is 6.07 Å². The number of H-pyrrole nitrogens is 1. The Bertz CT molecular complexity index is 868. The number of amides is 1. The van der Waals surface area contributed by atoms with Crippen molar-refractivity contribution in [2.45, 2.75) is 16.7 Å². The van der Waals surface area contributed by atoms with Crippen LogP contribution in [0.25, 0.3) is 0 Å². The average Bonchev–Trinajstić information content (AvgIpc) is 3.02. The van der Waals surface area contributed by atoms with Gasteiger partial charge in [-0.3, -0.25) is 19.7 Å². The van der Waals surface area contributed by atoms with Crippen molar-refractivity contribution >= 4 is 40.8 Å². The monoisotopic (exact) mass is 364 g/mol. The molecule has 0 saturated carbocycles. The van der Waals surface area contributed by atoms with E-state index < -0.39 is 4.92 Å². The zero-order valence-corrected chi connectivity index (χ0v) is 13.9. The molecule has 1 aliphatic rings. The lowest BCUT2D eigenvalue weighted by molar-refractivity contribution is -0.384. The quantitative estimate of drug-likeness (QED) is 0.361. The molecule has 24 heavy (non-hydrogen) atoms. The first-order chi connectivity index (χ1) is 11.5. The summed E-state index contributed by atoms with van der Waals surface area (Å²) in [4.78, 5) is 41.0. The van der Waals surface area contributed by atoms with Crippen molar-refractivity contribution in [3.63, 3.8) is 0 Å². The molecule has 10 heteroatoms. The van der Waals surface area contributed by atoms with Crippen molar-refractivity contribution in [3.05, 3.63) is 56.0 Å². The number of benzene rings is 1. The third-order valence-corrected chi connectivity index (χ3v) is 5.09. The number of hydrogen-bond acceptors (Lipinski definition) is 7. The van der Waals surface area contributed by atoms with Crippen LogP contribution in [0.2, 0.25) is 0 Å². The molecule has 1 aromatic carbocycles. The highest BCUT2D eigenvalue weighted by molar-refractivity contribution is 7.99. The molecule has 0 atom stereocenters. The van der Waals surface area contributed by atoms with E-state index in [4.69, 9.17) is 0 Å².